The van der Waals surface area contributed by atoms with Crippen molar-refractivity contribution in [3.63, 3.8) is 0 Å². The Labute approximate surface area is 152 Å². The molecular weight excluding hydrogens is 408 g/mol. The fourth-order valence-electron chi connectivity index (χ4n) is 2.74. The Morgan fingerprint density at radius 2 is 1.33 bits per heavy atom. The second kappa shape index (κ2) is 6.48. The predicted octanol–water partition coefficient (Wildman–Crippen LogP) is 4.37. The molecule has 0 atom stereocenters. The Hall–Kier alpha value is -2.01. The van der Waals surface area contributed by atoms with Crippen LogP contribution in [-0.2, 0) is 0 Å². The first-order chi connectivity index (χ1) is 11.7. The third-order valence-electron chi connectivity index (χ3n) is 4.10. The van der Waals surface area contributed by atoms with Crippen LogP contribution in [0.5, 0.6) is 0 Å². The summed E-state index contributed by atoms with van der Waals surface area (Å²) in [5.41, 5.74) is 4.73. The molecule has 0 aliphatic carbocycles. The number of benzene rings is 3. The van der Waals surface area contributed by atoms with Crippen LogP contribution >= 0.6 is 0 Å². The molecule has 0 bridgehead atoms. The van der Waals surface area contributed by atoms with E-state index in [9.17, 15) is 0 Å². The summed E-state index contributed by atoms with van der Waals surface area (Å²) in [5.74, 6) is 1.04. The normalized spacial score (nSPS) is 11.1. The zero-order valence-electron chi connectivity index (χ0n) is 13.7. The van der Waals surface area contributed by atoms with Crippen molar-refractivity contribution in [1.29, 1.82) is 0 Å². The van der Waals surface area contributed by atoms with Crippen LogP contribution in [0.2, 0.25) is 0 Å². The minimum absolute atomic E-state index is 0.511. The summed E-state index contributed by atoms with van der Waals surface area (Å²) in [6.45, 7) is 4.25. The molecule has 0 amide bonds. The molecule has 0 aliphatic rings. The van der Waals surface area contributed by atoms with Crippen molar-refractivity contribution in [2.24, 2.45) is 0 Å². The monoisotopic (exact) mass is 428 g/mol. The number of aryl methyl sites for hydroxylation is 2. The van der Waals surface area contributed by atoms with Crippen molar-refractivity contribution < 1.29 is 4.42 Å². The van der Waals surface area contributed by atoms with Gasteiger partial charge >= 0.3 is 153 Å². The molecule has 3 aromatic carbocycles. The van der Waals surface area contributed by atoms with E-state index in [1.807, 2.05) is 6.07 Å². The Morgan fingerprint density at radius 3 is 2.04 bits per heavy atom. The van der Waals surface area contributed by atoms with Crippen molar-refractivity contribution in [1.82, 2.24) is 0 Å². The molecule has 118 valence electrons. The third-order valence-corrected chi connectivity index (χ3v) is 7.29. The fourth-order valence-corrected chi connectivity index (χ4v) is 5.71. The first kappa shape index (κ1) is 15.5. The summed E-state index contributed by atoms with van der Waals surface area (Å²) in [4.78, 5) is 0. The third kappa shape index (κ3) is 3.00. The van der Waals surface area contributed by atoms with Crippen molar-refractivity contribution in [2.75, 3.05) is 0 Å². The van der Waals surface area contributed by atoms with Gasteiger partial charge in [0, 0.05) is 0 Å². The van der Waals surface area contributed by atoms with Crippen LogP contribution in [0, 0.1) is 13.8 Å². The van der Waals surface area contributed by atoms with Gasteiger partial charge in [0.25, 0.3) is 0 Å². The van der Waals surface area contributed by atoms with Gasteiger partial charge in [-0.25, -0.2) is 0 Å². The van der Waals surface area contributed by atoms with E-state index < -0.39 is 20.9 Å². The Bertz CT molecular complexity index is 979. The van der Waals surface area contributed by atoms with Gasteiger partial charge in [0.1, 0.15) is 0 Å². The summed E-state index contributed by atoms with van der Waals surface area (Å²) in [5, 5.41) is 1.26. The summed E-state index contributed by atoms with van der Waals surface area (Å²) in [6, 6.07) is 26.0. The molecule has 1 heterocycles. The van der Waals surface area contributed by atoms with Gasteiger partial charge in [-0.15, -0.1) is 0 Å². The van der Waals surface area contributed by atoms with Crippen LogP contribution in [0.25, 0.3) is 22.3 Å². The van der Waals surface area contributed by atoms with Crippen LogP contribution in [0.3, 0.4) is 0 Å². The second-order valence-corrected chi connectivity index (χ2v) is 9.13. The first-order valence-corrected chi connectivity index (χ1v) is 10.4. The van der Waals surface area contributed by atoms with E-state index in [2.05, 4.69) is 80.6 Å². The molecule has 0 unspecified atom stereocenters. The Kier molecular flexibility index (Phi) is 4.19. The molecule has 0 fully saturated rings. The van der Waals surface area contributed by atoms with Crippen LogP contribution in [0.4, 0.5) is 0 Å². The van der Waals surface area contributed by atoms with Crippen molar-refractivity contribution in [3.05, 3.63) is 83.9 Å². The van der Waals surface area contributed by atoms with Crippen LogP contribution in [-0.4, -0.2) is 20.9 Å². The molecule has 4 aromatic rings. The molecule has 1 nitrogen and oxygen atoms in total. The number of furan rings is 1. The maximum absolute atomic E-state index is 6.25. The van der Waals surface area contributed by atoms with Crippen molar-refractivity contribution >= 4 is 39.1 Å². The molecular formula is C22H18OTe. The molecule has 0 radical (unpaired) electrons. The first-order valence-electron chi connectivity index (χ1n) is 8.04. The molecule has 0 spiro atoms. The van der Waals surface area contributed by atoms with E-state index in [-0.39, 0.29) is 0 Å². The average Bonchev–Trinajstić information content (AvgIpc) is 2.96. The van der Waals surface area contributed by atoms with E-state index in [1.165, 1.54) is 29.3 Å². The number of rotatable bonds is 3. The standard InChI is InChI=1S/C22H18OTe/c1-15-7-11-17(12-8-15)21-22(19-5-3-4-6-20(19)23-21)24-18-13-9-16(2)10-14-18/h3-14H,1-2H3. The summed E-state index contributed by atoms with van der Waals surface area (Å²) in [6.07, 6.45) is 0. The van der Waals surface area contributed by atoms with Gasteiger partial charge in [-0.2, -0.15) is 0 Å². The topological polar surface area (TPSA) is 13.1 Å². The molecule has 24 heavy (non-hydrogen) atoms. The van der Waals surface area contributed by atoms with Gasteiger partial charge in [-0.3, -0.25) is 0 Å². The molecule has 1 aromatic heterocycles. The summed E-state index contributed by atoms with van der Waals surface area (Å²) in [7, 11) is 0. The van der Waals surface area contributed by atoms with E-state index in [0.717, 1.165) is 11.3 Å². The van der Waals surface area contributed by atoms with E-state index >= 15 is 0 Å². The predicted molar refractivity (Wildman–Crippen MR) is 103 cm³/mol. The molecule has 0 N–H and O–H groups in total. The molecule has 0 saturated carbocycles. The van der Waals surface area contributed by atoms with Crippen LogP contribution in [0.15, 0.2) is 77.2 Å². The molecule has 0 aliphatic heterocycles. The number of fused-ring (bicyclic) bond motifs is 1. The second-order valence-electron chi connectivity index (χ2n) is 6.04. The van der Waals surface area contributed by atoms with E-state index in [1.54, 1.807) is 0 Å². The quantitative estimate of drug-likeness (QED) is 0.444. The zero-order valence-corrected chi connectivity index (χ0v) is 16.1. The summed E-state index contributed by atoms with van der Waals surface area (Å²) < 4.78 is 9.08. The van der Waals surface area contributed by atoms with E-state index in [0.29, 0.717) is 0 Å². The zero-order chi connectivity index (χ0) is 16.5. The fraction of sp³-hybridized carbons (Fsp3) is 0.0909. The van der Waals surface area contributed by atoms with Gasteiger partial charge in [-0.1, -0.05) is 0 Å². The number of para-hydroxylation sites is 1. The van der Waals surface area contributed by atoms with Gasteiger partial charge in [0.05, 0.1) is 0 Å². The number of hydrogen-bond acceptors (Lipinski definition) is 1. The van der Waals surface area contributed by atoms with Crippen LogP contribution in [0.1, 0.15) is 11.1 Å². The van der Waals surface area contributed by atoms with E-state index in [4.69, 9.17) is 4.42 Å². The van der Waals surface area contributed by atoms with Gasteiger partial charge in [0.15, 0.2) is 0 Å². The van der Waals surface area contributed by atoms with Gasteiger partial charge < -0.3 is 0 Å². The van der Waals surface area contributed by atoms with Gasteiger partial charge in [-0.05, 0) is 0 Å². The molecule has 4 rings (SSSR count). The van der Waals surface area contributed by atoms with Crippen molar-refractivity contribution in [2.45, 2.75) is 13.8 Å². The summed E-state index contributed by atoms with van der Waals surface area (Å²) >= 11 is -0.511. The molecule has 2 heteroatoms. The number of hydrogen-bond donors (Lipinski definition) is 0. The average molecular weight is 426 g/mol. The maximum atomic E-state index is 6.25. The molecule has 0 saturated heterocycles. The Balaban J connectivity index is 1.86. The van der Waals surface area contributed by atoms with Crippen LogP contribution < -0.4 is 7.22 Å². The minimum atomic E-state index is -0.511. The SMILES string of the molecule is Cc1ccc([Te]c2c(-c3ccc(C)cc3)oc3ccccc23)cc1. The Morgan fingerprint density at radius 1 is 0.708 bits per heavy atom. The van der Waals surface area contributed by atoms with Gasteiger partial charge in [0.2, 0.25) is 0 Å². The van der Waals surface area contributed by atoms with Crippen molar-refractivity contribution in [3.8, 4) is 11.3 Å².